The molecule has 25 heavy (non-hydrogen) atoms. The molecule has 0 aliphatic heterocycles. The molecule has 0 radical (unpaired) electrons. The molecule has 1 N–H and O–H groups in total. The molecule has 1 amide bonds. The van der Waals surface area contributed by atoms with E-state index in [2.05, 4.69) is 44.2 Å². The van der Waals surface area contributed by atoms with E-state index in [1.807, 2.05) is 24.3 Å². The average molecular weight is 330 g/mol. The van der Waals surface area contributed by atoms with Crippen molar-refractivity contribution in [1.82, 2.24) is 19.9 Å². The Hall–Kier alpha value is -3.21. The number of para-hydroxylation sites is 1. The van der Waals surface area contributed by atoms with Gasteiger partial charge in [0.1, 0.15) is 0 Å². The number of fused-ring (bicyclic) bond motifs is 2. The zero-order chi connectivity index (χ0) is 17.1. The second-order valence-electron chi connectivity index (χ2n) is 5.94. The Kier molecular flexibility index (Phi) is 4.12. The van der Waals surface area contributed by atoms with Crippen molar-refractivity contribution in [2.45, 2.75) is 13.0 Å². The van der Waals surface area contributed by atoms with Gasteiger partial charge in [0.25, 0.3) is 5.91 Å². The molecule has 4 rings (SSSR count). The smallest absolute Gasteiger partial charge is 0.255 e. The lowest BCUT2D eigenvalue weighted by Crippen LogP contribution is -2.25. The predicted molar refractivity (Wildman–Crippen MR) is 98.4 cm³/mol. The fourth-order valence-electron chi connectivity index (χ4n) is 3.05. The summed E-state index contributed by atoms with van der Waals surface area (Å²) in [4.78, 5) is 20.9. The largest absolute Gasteiger partial charge is 0.352 e. The van der Waals surface area contributed by atoms with Crippen LogP contribution in [0.1, 0.15) is 16.8 Å². The zero-order valence-electron chi connectivity index (χ0n) is 13.7. The summed E-state index contributed by atoms with van der Waals surface area (Å²) < 4.78 is 2.21. The molecule has 0 bridgehead atoms. The number of rotatable bonds is 5. The third kappa shape index (κ3) is 3.08. The van der Waals surface area contributed by atoms with Crippen LogP contribution in [0.25, 0.3) is 21.8 Å². The van der Waals surface area contributed by atoms with E-state index in [1.165, 1.54) is 10.9 Å². The Morgan fingerprint density at radius 3 is 2.88 bits per heavy atom. The van der Waals surface area contributed by atoms with Crippen LogP contribution in [0.15, 0.2) is 67.3 Å². The topological polar surface area (TPSA) is 59.8 Å². The number of benzene rings is 1. The van der Waals surface area contributed by atoms with Crippen molar-refractivity contribution in [2.75, 3.05) is 6.54 Å². The number of carbonyl (C=O) groups is 1. The summed E-state index contributed by atoms with van der Waals surface area (Å²) in [5.41, 5.74) is 2.42. The number of aromatic nitrogens is 3. The molecule has 0 fully saturated rings. The highest BCUT2D eigenvalue weighted by atomic mass is 16.1. The summed E-state index contributed by atoms with van der Waals surface area (Å²) >= 11 is 0. The summed E-state index contributed by atoms with van der Waals surface area (Å²) in [5.74, 6) is -0.130. The van der Waals surface area contributed by atoms with Crippen molar-refractivity contribution in [1.29, 1.82) is 0 Å². The predicted octanol–water partition coefficient (Wildman–Crippen LogP) is 3.40. The molecule has 4 aromatic rings. The number of hydrogen-bond donors (Lipinski definition) is 1. The molecular formula is C20H18N4O. The Labute approximate surface area is 145 Å². The number of nitrogens with one attached hydrogen (secondary N) is 1. The maximum atomic E-state index is 12.4. The van der Waals surface area contributed by atoms with Crippen LogP contribution in [0.5, 0.6) is 0 Å². The van der Waals surface area contributed by atoms with Crippen molar-refractivity contribution in [3.05, 3.63) is 72.8 Å². The molecule has 1 aromatic carbocycles. The molecule has 3 aromatic heterocycles. The van der Waals surface area contributed by atoms with E-state index in [0.717, 1.165) is 18.4 Å². The van der Waals surface area contributed by atoms with Gasteiger partial charge in [-0.2, -0.15) is 0 Å². The SMILES string of the molecule is O=C(NCCCn1ccc2ccccc21)c1cncc2cccnc12. The maximum absolute atomic E-state index is 12.4. The average Bonchev–Trinajstić information content (AvgIpc) is 3.08. The van der Waals surface area contributed by atoms with Crippen molar-refractivity contribution in [3.63, 3.8) is 0 Å². The fraction of sp³-hybridized carbons (Fsp3) is 0.150. The number of amides is 1. The van der Waals surface area contributed by atoms with Crippen molar-refractivity contribution in [2.24, 2.45) is 0 Å². The fourth-order valence-corrected chi connectivity index (χ4v) is 3.05. The third-order valence-corrected chi connectivity index (χ3v) is 4.30. The lowest BCUT2D eigenvalue weighted by Gasteiger charge is -2.08. The molecule has 124 valence electrons. The van der Waals surface area contributed by atoms with Gasteiger partial charge in [0, 0.05) is 48.8 Å². The molecular weight excluding hydrogens is 312 g/mol. The highest BCUT2D eigenvalue weighted by Gasteiger charge is 2.11. The molecule has 0 spiro atoms. The first-order valence-electron chi connectivity index (χ1n) is 8.34. The maximum Gasteiger partial charge on any atom is 0.255 e. The first-order chi connectivity index (χ1) is 12.3. The van der Waals surface area contributed by atoms with Gasteiger partial charge in [0.15, 0.2) is 0 Å². The minimum atomic E-state index is -0.130. The first kappa shape index (κ1) is 15.3. The van der Waals surface area contributed by atoms with E-state index in [9.17, 15) is 4.79 Å². The van der Waals surface area contributed by atoms with Gasteiger partial charge >= 0.3 is 0 Å². The van der Waals surface area contributed by atoms with Crippen LogP contribution < -0.4 is 5.32 Å². The van der Waals surface area contributed by atoms with Crippen LogP contribution >= 0.6 is 0 Å². The van der Waals surface area contributed by atoms with E-state index in [4.69, 9.17) is 0 Å². The van der Waals surface area contributed by atoms with E-state index in [0.29, 0.717) is 17.6 Å². The van der Waals surface area contributed by atoms with Crippen LogP contribution in [0, 0.1) is 0 Å². The number of nitrogens with zero attached hydrogens (tertiary/aromatic N) is 3. The van der Waals surface area contributed by atoms with Gasteiger partial charge in [-0.1, -0.05) is 18.2 Å². The summed E-state index contributed by atoms with van der Waals surface area (Å²) in [6.07, 6.45) is 7.93. The Bertz CT molecular complexity index is 1030. The highest BCUT2D eigenvalue weighted by molar-refractivity contribution is 6.04. The summed E-state index contributed by atoms with van der Waals surface area (Å²) in [6, 6.07) is 14.2. The number of carbonyl (C=O) groups excluding carboxylic acids is 1. The Balaban J connectivity index is 1.39. The third-order valence-electron chi connectivity index (χ3n) is 4.30. The van der Waals surface area contributed by atoms with Gasteiger partial charge in [-0.05, 0) is 36.1 Å². The number of pyridine rings is 2. The van der Waals surface area contributed by atoms with Gasteiger partial charge in [-0.25, -0.2) is 0 Å². The molecule has 5 nitrogen and oxygen atoms in total. The lowest BCUT2D eigenvalue weighted by molar-refractivity contribution is 0.0954. The molecule has 0 atom stereocenters. The summed E-state index contributed by atoms with van der Waals surface area (Å²) in [7, 11) is 0. The monoisotopic (exact) mass is 330 g/mol. The van der Waals surface area contributed by atoms with Crippen LogP contribution in [0.3, 0.4) is 0 Å². The van der Waals surface area contributed by atoms with Gasteiger partial charge in [-0.3, -0.25) is 14.8 Å². The highest BCUT2D eigenvalue weighted by Crippen LogP contribution is 2.16. The first-order valence-corrected chi connectivity index (χ1v) is 8.34. The lowest BCUT2D eigenvalue weighted by atomic mass is 10.1. The standard InChI is InChI=1S/C20H18N4O/c25-20(17-14-21-13-16-6-3-9-22-19(16)17)23-10-4-11-24-12-8-15-5-1-2-7-18(15)24/h1-3,5-9,12-14H,4,10-11H2,(H,23,25). The second-order valence-corrected chi connectivity index (χ2v) is 5.94. The van der Waals surface area contributed by atoms with Crippen LogP contribution in [-0.4, -0.2) is 27.0 Å². The molecule has 0 saturated carbocycles. The van der Waals surface area contributed by atoms with Gasteiger partial charge < -0.3 is 9.88 Å². The molecule has 5 heteroatoms. The minimum absolute atomic E-state index is 0.130. The van der Waals surface area contributed by atoms with Gasteiger partial charge in [0.05, 0.1) is 11.1 Å². The van der Waals surface area contributed by atoms with E-state index in [-0.39, 0.29) is 5.91 Å². The van der Waals surface area contributed by atoms with Gasteiger partial charge in [0.2, 0.25) is 0 Å². The quantitative estimate of drug-likeness (QED) is 0.571. The van der Waals surface area contributed by atoms with Crippen molar-refractivity contribution in [3.8, 4) is 0 Å². The number of hydrogen-bond acceptors (Lipinski definition) is 3. The Morgan fingerprint density at radius 2 is 1.92 bits per heavy atom. The van der Waals surface area contributed by atoms with E-state index >= 15 is 0 Å². The van der Waals surface area contributed by atoms with Crippen molar-refractivity contribution < 1.29 is 4.79 Å². The Morgan fingerprint density at radius 1 is 1.04 bits per heavy atom. The summed E-state index contributed by atoms with van der Waals surface area (Å²) in [6.45, 7) is 1.47. The summed E-state index contributed by atoms with van der Waals surface area (Å²) in [5, 5.41) is 5.07. The van der Waals surface area contributed by atoms with E-state index < -0.39 is 0 Å². The molecule has 0 unspecified atom stereocenters. The normalized spacial score (nSPS) is 11.0. The van der Waals surface area contributed by atoms with Crippen LogP contribution in [0.2, 0.25) is 0 Å². The van der Waals surface area contributed by atoms with Crippen LogP contribution in [0.4, 0.5) is 0 Å². The molecule has 0 aliphatic rings. The van der Waals surface area contributed by atoms with E-state index in [1.54, 1.807) is 18.6 Å². The van der Waals surface area contributed by atoms with Gasteiger partial charge in [-0.15, -0.1) is 0 Å². The zero-order valence-corrected chi connectivity index (χ0v) is 13.7. The minimum Gasteiger partial charge on any atom is -0.352 e. The second kappa shape index (κ2) is 6.73. The molecule has 0 aliphatic carbocycles. The number of aryl methyl sites for hydroxylation is 1. The molecule has 0 saturated heterocycles. The molecule has 3 heterocycles. The van der Waals surface area contributed by atoms with Crippen molar-refractivity contribution >= 4 is 27.7 Å². The van der Waals surface area contributed by atoms with Crippen LogP contribution in [-0.2, 0) is 6.54 Å².